The molecule has 1 fully saturated rings. The first-order chi connectivity index (χ1) is 20.5. The van der Waals surface area contributed by atoms with E-state index in [0.29, 0.717) is 49.7 Å². The lowest BCUT2D eigenvalue weighted by molar-refractivity contribution is -0.137. The van der Waals surface area contributed by atoms with Gasteiger partial charge in [0.05, 0.1) is 23.4 Å². The van der Waals surface area contributed by atoms with Crippen LogP contribution in [0.4, 0.5) is 29.3 Å². The first-order valence-corrected chi connectivity index (χ1v) is 14.3. The van der Waals surface area contributed by atoms with Gasteiger partial charge in [0.25, 0.3) is 0 Å². The maximum Gasteiger partial charge on any atom is 0.416 e. The zero-order valence-electron chi connectivity index (χ0n) is 25.3. The molecule has 2 amide bonds. The van der Waals surface area contributed by atoms with Crippen LogP contribution in [0.3, 0.4) is 0 Å². The van der Waals surface area contributed by atoms with Gasteiger partial charge >= 0.3 is 12.3 Å². The summed E-state index contributed by atoms with van der Waals surface area (Å²) in [4.78, 5) is 52.2. The van der Waals surface area contributed by atoms with E-state index in [2.05, 4.69) is 15.3 Å². The maximum atomic E-state index is 13.9. The van der Waals surface area contributed by atoms with Gasteiger partial charge in [-0.05, 0) is 52.3 Å². The van der Waals surface area contributed by atoms with Gasteiger partial charge in [-0.1, -0.05) is 18.5 Å². The summed E-state index contributed by atoms with van der Waals surface area (Å²) in [6, 6.07) is 2.64. The monoisotopic (exact) mass is 638 g/mol. The predicted octanol–water partition coefficient (Wildman–Crippen LogP) is 5.04. The molecule has 0 bridgehead atoms. The molecule has 0 spiro atoms. The SMILES string of the molecule is CCc1c(N2CCN(C(=O)OC(C)(C)C)CC2)c(=O)c2nc(OC)c(C)nc2n1CC(=O)Nc1ccc(C(F)(F)F)cc1Cl. The van der Waals surface area contributed by atoms with Crippen LogP contribution >= 0.6 is 11.6 Å². The Morgan fingerprint density at radius 3 is 2.30 bits per heavy atom. The molecule has 0 radical (unpaired) electrons. The van der Waals surface area contributed by atoms with Crippen molar-refractivity contribution >= 4 is 46.1 Å². The lowest BCUT2D eigenvalue weighted by atomic mass is 10.1. The number of hydrogen-bond donors (Lipinski definition) is 1. The molecule has 11 nitrogen and oxygen atoms in total. The number of carbonyl (C=O) groups excluding carboxylic acids is 2. The van der Waals surface area contributed by atoms with Crippen LogP contribution in [0.25, 0.3) is 11.2 Å². The van der Waals surface area contributed by atoms with Crippen molar-refractivity contribution in [1.82, 2.24) is 19.4 Å². The Labute approximate surface area is 256 Å². The number of carbonyl (C=O) groups is 2. The molecule has 238 valence electrons. The van der Waals surface area contributed by atoms with Crippen molar-refractivity contribution in [3.8, 4) is 5.88 Å². The minimum atomic E-state index is -4.59. The Morgan fingerprint density at radius 2 is 1.75 bits per heavy atom. The smallest absolute Gasteiger partial charge is 0.416 e. The number of alkyl halides is 3. The molecule has 0 aliphatic carbocycles. The van der Waals surface area contributed by atoms with Crippen LogP contribution < -0.4 is 20.4 Å². The highest BCUT2D eigenvalue weighted by Gasteiger charge is 2.32. The van der Waals surface area contributed by atoms with Crippen molar-refractivity contribution < 1.29 is 32.2 Å². The highest BCUT2D eigenvalue weighted by molar-refractivity contribution is 6.33. The van der Waals surface area contributed by atoms with Crippen LogP contribution in [0.5, 0.6) is 5.88 Å². The normalized spacial score (nSPS) is 14.1. The van der Waals surface area contributed by atoms with Crippen molar-refractivity contribution in [2.24, 2.45) is 0 Å². The summed E-state index contributed by atoms with van der Waals surface area (Å²) in [7, 11) is 1.40. The number of halogens is 4. The van der Waals surface area contributed by atoms with Gasteiger partial charge in [-0.25, -0.2) is 14.8 Å². The topological polar surface area (TPSA) is 119 Å². The second-order valence-corrected chi connectivity index (χ2v) is 11.7. The molecule has 1 N–H and O–H groups in total. The lowest BCUT2D eigenvalue weighted by Gasteiger charge is -2.37. The molecule has 1 saturated heterocycles. The highest BCUT2D eigenvalue weighted by Crippen LogP contribution is 2.34. The van der Waals surface area contributed by atoms with E-state index in [1.165, 1.54) is 7.11 Å². The Balaban J connectivity index is 1.73. The van der Waals surface area contributed by atoms with Crippen LogP contribution in [-0.2, 0) is 28.7 Å². The third kappa shape index (κ3) is 7.01. The Hall–Kier alpha value is -4.07. The van der Waals surface area contributed by atoms with E-state index in [4.69, 9.17) is 21.1 Å². The zero-order valence-corrected chi connectivity index (χ0v) is 26.0. The fourth-order valence-electron chi connectivity index (χ4n) is 4.94. The third-order valence-electron chi connectivity index (χ3n) is 6.94. The predicted molar refractivity (Wildman–Crippen MR) is 160 cm³/mol. The summed E-state index contributed by atoms with van der Waals surface area (Å²) in [6.45, 7) is 9.71. The molecule has 3 heterocycles. The molecule has 2 aromatic heterocycles. The zero-order chi connectivity index (χ0) is 32.6. The number of anilines is 2. The minimum absolute atomic E-state index is 0.00418. The van der Waals surface area contributed by atoms with E-state index in [-0.39, 0.29) is 34.3 Å². The summed E-state index contributed by atoms with van der Waals surface area (Å²) in [6.07, 6.45) is -4.72. The number of rotatable bonds is 6. The molecule has 0 atom stereocenters. The number of aromatic nitrogens is 3. The molecule has 0 saturated carbocycles. The summed E-state index contributed by atoms with van der Waals surface area (Å²) in [5, 5.41) is 2.28. The van der Waals surface area contributed by atoms with Gasteiger partial charge in [0.1, 0.15) is 23.5 Å². The molecule has 1 aromatic carbocycles. The first kappa shape index (κ1) is 32.8. The molecule has 3 aromatic rings. The summed E-state index contributed by atoms with van der Waals surface area (Å²) in [5.74, 6) is -0.464. The standard InChI is InChI=1S/C29H34ClF3N6O5/c1-7-20-23(37-10-12-38(13-11-37)27(42)44-28(3,4)5)24(41)22-25(34-16(2)26(36-22)43-6)39(20)15-21(40)35-19-9-8-17(14-18(19)30)29(31,32)33/h8-9,14H,7,10-13,15H2,1-6H3,(H,35,40). The number of fused-ring (bicyclic) bond motifs is 1. The number of nitrogens with zero attached hydrogens (tertiary/aromatic N) is 5. The van der Waals surface area contributed by atoms with Gasteiger partial charge in [0.15, 0.2) is 11.2 Å². The van der Waals surface area contributed by atoms with Crippen LogP contribution in [0, 0.1) is 6.92 Å². The summed E-state index contributed by atoms with van der Waals surface area (Å²) >= 11 is 6.06. The van der Waals surface area contributed by atoms with E-state index in [9.17, 15) is 27.6 Å². The fourth-order valence-corrected chi connectivity index (χ4v) is 5.17. The van der Waals surface area contributed by atoms with Crippen molar-refractivity contribution in [3.63, 3.8) is 0 Å². The van der Waals surface area contributed by atoms with Gasteiger partial charge in [-0.2, -0.15) is 13.2 Å². The number of ether oxygens (including phenoxy) is 2. The molecule has 15 heteroatoms. The second-order valence-electron chi connectivity index (χ2n) is 11.2. The first-order valence-electron chi connectivity index (χ1n) is 13.9. The Bertz CT molecular complexity index is 1650. The van der Waals surface area contributed by atoms with Gasteiger partial charge in [0.2, 0.25) is 17.2 Å². The molecule has 0 unspecified atom stereocenters. The molecule has 4 rings (SSSR count). The molecule has 1 aliphatic heterocycles. The molecular formula is C29H34ClF3N6O5. The number of piperazine rings is 1. The molecule has 44 heavy (non-hydrogen) atoms. The average Bonchev–Trinajstić information content (AvgIpc) is 2.93. The van der Waals surface area contributed by atoms with Crippen molar-refractivity contribution in [1.29, 1.82) is 0 Å². The second kappa shape index (κ2) is 12.5. The van der Waals surface area contributed by atoms with E-state index in [1.54, 1.807) is 37.2 Å². The number of methoxy groups -OCH3 is 1. The van der Waals surface area contributed by atoms with Gasteiger partial charge < -0.3 is 29.2 Å². The van der Waals surface area contributed by atoms with E-state index in [1.807, 2.05) is 11.8 Å². The van der Waals surface area contributed by atoms with Crippen molar-refractivity contribution in [3.05, 3.63) is 50.4 Å². The quantitative estimate of drug-likeness (QED) is 0.399. The highest BCUT2D eigenvalue weighted by atomic mass is 35.5. The van der Waals surface area contributed by atoms with Crippen LogP contribution in [0.2, 0.25) is 5.02 Å². The average molecular weight is 639 g/mol. The third-order valence-corrected chi connectivity index (χ3v) is 7.25. The van der Waals surface area contributed by atoms with Crippen LogP contribution in [-0.4, -0.2) is 70.3 Å². The van der Waals surface area contributed by atoms with Gasteiger partial charge in [-0.15, -0.1) is 0 Å². The van der Waals surface area contributed by atoms with Gasteiger partial charge in [-0.3, -0.25) is 9.59 Å². The molecule has 1 aliphatic rings. The van der Waals surface area contributed by atoms with Crippen molar-refractivity contribution in [2.45, 2.75) is 59.4 Å². The summed E-state index contributed by atoms with van der Waals surface area (Å²) in [5.41, 5.74) is -0.686. The number of aryl methyl sites for hydroxylation is 1. The lowest BCUT2D eigenvalue weighted by Crippen LogP contribution is -2.51. The number of benzene rings is 1. The number of hydrogen-bond acceptors (Lipinski definition) is 8. The summed E-state index contributed by atoms with van der Waals surface area (Å²) < 4.78 is 51.6. The Morgan fingerprint density at radius 1 is 1.09 bits per heavy atom. The molecular weight excluding hydrogens is 605 g/mol. The largest absolute Gasteiger partial charge is 0.480 e. The number of nitrogens with one attached hydrogen (secondary N) is 1. The Kier molecular flexibility index (Phi) is 9.33. The van der Waals surface area contributed by atoms with E-state index >= 15 is 0 Å². The van der Waals surface area contributed by atoms with E-state index < -0.39 is 34.8 Å². The fraction of sp³-hybridized carbons (Fsp3) is 0.483. The van der Waals surface area contributed by atoms with Crippen molar-refractivity contribution in [2.75, 3.05) is 43.5 Å². The maximum absolute atomic E-state index is 13.9. The van der Waals surface area contributed by atoms with Gasteiger partial charge in [0, 0.05) is 31.9 Å². The van der Waals surface area contributed by atoms with Crippen LogP contribution in [0.15, 0.2) is 23.0 Å². The van der Waals surface area contributed by atoms with Crippen LogP contribution in [0.1, 0.15) is 44.6 Å². The number of amides is 2. The number of pyridine rings is 1. The van der Waals surface area contributed by atoms with E-state index in [0.717, 1.165) is 18.2 Å². The minimum Gasteiger partial charge on any atom is -0.480 e.